The molecule has 1 aromatic carbocycles. The summed E-state index contributed by atoms with van der Waals surface area (Å²) < 4.78 is 28.0. The van der Waals surface area contributed by atoms with Crippen molar-refractivity contribution in [2.45, 2.75) is 84.2 Å². The number of aliphatic hydroxyl groups is 1. The molecule has 0 saturated heterocycles. The lowest BCUT2D eigenvalue weighted by Crippen LogP contribution is -2.56. The number of nitrogens with one attached hydrogen (secondary N) is 2. The molecule has 0 radical (unpaired) electrons. The van der Waals surface area contributed by atoms with Crippen LogP contribution in [0.2, 0.25) is 0 Å². The first-order valence-electron chi connectivity index (χ1n) is 13.6. The van der Waals surface area contributed by atoms with Gasteiger partial charge in [0.05, 0.1) is 17.8 Å². The first kappa shape index (κ1) is 23.7. The highest BCUT2D eigenvalue weighted by molar-refractivity contribution is 5.88. The van der Waals surface area contributed by atoms with Crippen LogP contribution in [0.4, 0.5) is 20.2 Å². The topological polar surface area (TPSA) is 64.6 Å². The van der Waals surface area contributed by atoms with E-state index in [1.807, 2.05) is 6.92 Å². The number of anilines is 2. The lowest BCUT2D eigenvalue weighted by atomic mass is 9.44. The van der Waals surface area contributed by atoms with Gasteiger partial charge in [-0.1, -0.05) is 13.8 Å². The van der Waals surface area contributed by atoms with Gasteiger partial charge in [-0.2, -0.15) is 0 Å². The van der Waals surface area contributed by atoms with Crippen LogP contribution in [0.3, 0.4) is 0 Å². The Morgan fingerprint density at radius 1 is 1.03 bits per heavy atom. The Kier molecular flexibility index (Phi) is 5.33. The quantitative estimate of drug-likeness (QED) is 0.518. The summed E-state index contributed by atoms with van der Waals surface area (Å²) in [7, 11) is 0. The lowest BCUT2D eigenvalue weighted by molar-refractivity contribution is -0.150. The average Bonchev–Trinajstić information content (AvgIpc) is 3.35. The standard InChI is InChI=1S/C28H39F2N3O2/c1-26(35)10-11-27(2)16(14-26)4-5-18-19-6-7-21(28(19,3)9-8-20(18)27)24(34)15-33-23-13-17(29)12-22(30)25(23)31-32-33/h12-13,16,18-21,31-32,35H,4-11,14-15H2,1-3H3/t16-,18-,19-,20-,21+,26+,27-,28-/m0/s1. The average molecular weight is 488 g/mol. The monoisotopic (exact) mass is 487 g/mol. The van der Waals surface area contributed by atoms with Gasteiger partial charge in [-0.25, -0.2) is 8.78 Å². The summed E-state index contributed by atoms with van der Waals surface area (Å²) in [6.45, 7) is 6.94. The molecule has 4 fully saturated rings. The van der Waals surface area contributed by atoms with Crippen LogP contribution in [0.5, 0.6) is 0 Å². The number of rotatable bonds is 3. The Bertz CT molecular complexity index is 1050. The van der Waals surface area contributed by atoms with Crippen LogP contribution in [-0.2, 0) is 4.79 Å². The first-order valence-corrected chi connectivity index (χ1v) is 13.6. The van der Waals surface area contributed by atoms with Crippen molar-refractivity contribution in [1.29, 1.82) is 0 Å². The summed E-state index contributed by atoms with van der Waals surface area (Å²) in [4.78, 5) is 13.6. The number of nitrogens with zero attached hydrogens (tertiary/aromatic N) is 1. The van der Waals surface area contributed by atoms with Gasteiger partial charge in [0.15, 0.2) is 11.6 Å². The highest BCUT2D eigenvalue weighted by Crippen LogP contribution is 2.68. The number of carbonyl (C=O) groups is 1. The minimum absolute atomic E-state index is 0.00915. The largest absolute Gasteiger partial charge is 0.390 e. The van der Waals surface area contributed by atoms with Crippen molar-refractivity contribution in [2.24, 2.45) is 40.4 Å². The number of fused-ring (bicyclic) bond motifs is 6. The summed E-state index contributed by atoms with van der Waals surface area (Å²) in [5, 5.41) is 12.3. The highest BCUT2D eigenvalue weighted by Gasteiger charge is 2.61. The minimum atomic E-state index is -0.665. The molecule has 35 heavy (non-hydrogen) atoms. The molecule has 8 atom stereocenters. The molecule has 0 aromatic heterocycles. The van der Waals surface area contributed by atoms with Gasteiger partial charge in [-0.15, -0.1) is 5.53 Å². The normalized spacial score (nSPS) is 44.2. The molecule has 4 saturated carbocycles. The fourth-order valence-corrected chi connectivity index (χ4v) is 9.43. The third kappa shape index (κ3) is 3.55. The van der Waals surface area contributed by atoms with Gasteiger partial charge in [-0.05, 0) is 99.2 Å². The smallest absolute Gasteiger partial charge is 0.157 e. The molecular formula is C28H39F2N3O2. The molecule has 3 N–H and O–H groups in total. The van der Waals surface area contributed by atoms with Crippen LogP contribution in [0.15, 0.2) is 12.1 Å². The predicted molar refractivity (Wildman–Crippen MR) is 131 cm³/mol. The third-order valence-electron chi connectivity index (χ3n) is 11.3. The fourth-order valence-electron chi connectivity index (χ4n) is 9.43. The minimum Gasteiger partial charge on any atom is -0.390 e. The molecule has 7 heteroatoms. The molecule has 5 nitrogen and oxygen atoms in total. The number of ketones is 1. The maximum atomic E-state index is 14.1. The molecule has 6 rings (SSSR count). The molecule has 0 spiro atoms. The maximum Gasteiger partial charge on any atom is 0.157 e. The predicted octanol–water partition coefficient (Wildman–Crippen LogP) is 5.60. The van der Waals surface area contributed by atoms with Gasteiger partial charge in [0, 0.05) is 18.1 Å². The van der Waals surface area contributed by atoms with Gasteiger partial charge in [0.25, 0.3) is 0 Å². The maximum absolute atomic E-state index is 14.1. The van der Waals surface area contributed by atoms with E-state index in [1.165, 1.54) is 25.3 Å². The van der Waals surface area contributed by atoms with Crippen LogP contribution >= 0.6 is 0 Å². The number of Topliss-reactive ketones (excluding diaryl/α,β-unsaturated/α-hetero) is 1. The van der Waals surface area contributed by atoms with E-state index in [0.29, 0.717) is 34.8 Å². The summed E-state index contributed by atoms with van der Waals surface area (Å²) in [5.41, 5.74) is 5.90. The van der Waals surface area contributed by atoms with Gasteiger partial charge in [-0.3, -0.25) is 15.2 Å². The number of halogens is 2. The van der Waals surface area contributed by atoms with E-state index in [9.17, 15) is 18.7 Å². The van der Waals surface area contributed by atoms with Crippen molar-refractivity contribution >= 4 is 17.2 Å². The van der Waals surface area contributed by atoms with Crippen LogP contribution < -0.4 is 16.0 Å². The van der Waals surface area contributed by atoms with Crippen molar-refractivity contribution in [3.8, 4) is 0 Å². The molecule has 5 aliphatic rings. The Labute approximate surface area is 207 Å². The van der Waals surface area contributed by atoms with Gasteiger partial charge in [0.1, 0.15) is 11.5 Å². The van der Waals surface area contributed by atoms with E-state index in [0.717, 1.165) is 44.6 Å². The summed E-state index contributed by atoms with van der Waals surface area (Å²) in [6, 6.07) is 2.12. The van der Waals surface area contributed by atoms with E-state index in [1.54, 1.807) is 5.01 Å². The van der Waals surface area contributed by atoms with Crippen molar-refractivity contribution in [3.05, 3.63) is 23.8 Å². The number of hydrogen-bond donors (Lipinski definition) is 3. The highest BCUT2D eigenvalue weighted by atomic mass is 19.1. The summed E-state index contributed by atoms with van der Waals surface area (Å²) >= 11 is 0. The third-order valence-corrected chi connectivity index (χ3v) is 11.3. The zero-order chi connectivity index (χ0) is 24.8. The SMILES string of the molecule is C[C@@]1(O)CC[C@@]2(C)[C@@H](CC[C@@H]3[C@@H]2CC[C@]2(C)[C@@H](C(=O)CN4NNc5c(F)cc(F)cc54)CC[C@@H]32)C1. The van der Waals surface area contributed by atoms with Crippen molar-refractivity contribution < 1.29 is 18.7 Å². The number of hydrazine groups is 2. The second kappa shape index (κ2) is 7.88. The first-order chi connectivity index (χ1) is 16.5. The second-order valence-electron chi connectivity index (χ2n) is 13.1. The zero-order valence-corrected chi connectivity index (χ0v) is 21.2. The van der Waals surface area contributed by atoms with E-state index in [4.69, 9.17) is 0 Å². The van der Waals surface area contributed by atoms with Crippen molar-refractivity contribution in [1.82, 2.24) is 5.53 Å². The molecular weight excluding hydrogens is 448 g/mol. The summed E-state index contributed by atoms with van der Waals surface area (Å²) in [5.74, 6) is 1.33. The Hall–Kier alpha value is -1.73. The van der Waals surface area contributed by atoms with Gasteiger partial charge in [0.2, 0.25) is 0 Å². The molecule has 4 aliphatic carbocycles. The molecule has 192 valence electrons. The number of benzene rings is 1. The van der Waals surface area contributed by atoms with Crippen LogP contribution in [0.25, 0.3) is 0 Å². The van der Waals surface area contributed by atoms with Crippen LogP contribution in [-0.4, -0.2) is 23.0 Å². The Balaban J connectivity index is 1.19. The van der Waals surface area contributed by atoms with E-state index in [2.05, 4.69) is 24.8 Å². The molecule has 1 aromatic rings. The van der Waals surface area contributed by atoms with Crippen LogP contribution in [0, 0.1) is 52.1 Å². The van der Waals surface area contributed by atoms with Gasteiger partial charge < -0.3 is 5.11 Å². The van der Waals surface area contributed by atoms with Crippen molar-refractivity contribution in [3.63, 3.8) is 0 Å². The number of carbonyl (C=O) groups excluding carboxylic acids is 1. The van der Waals surface area contributed by atoms with E-state index < -0.39 is 17.2 Å². The number of hydrogen-bond acceptors (Lipinski definition) is 5. The van der Waals surface area contributed by atoms with E-state index in [-0.39, 0.29) is 29.3 Å². The van der Waals surface area contributed by atoms with E-state index >= 15 is 0 Å². The Morgan fingerprint density at radius 3 is 2.60 bits per heavy atom. The molecule has 1 aliphatic heterocycles. The molecule has 0 unspecified atom stereocenters. The molecule has 1 heterocycles. The lowest BCUT2D eigenvalue weighted by Gasteiger charge is -2.61. The van der Waals surface area contributed by atoms with Crippen molar-refractivity contribution in [2.75, 3.05) is 17.0 Å². The summed E-state index contributed by atoms with van der Waals surface area (Å²) in [6.07, 6.45) is 9.57. The zero-order valence-electron chi connectivity index (χ0n) is 21.2. The molecule has 0 bridgehead atoms. The molecule has 0 amide bonds. The Morgan fingerprint density at radius 2 is 1.80 bits per heavy atom. The second-order valence-corrected chi connectivity index (χ2v) is 13.1. The van der Waals surface area contributed by atoms with Gasteiger partial charge >= 0.3 is 0 Å². The van der Waals surface area contributed by atoms with Crippen LogP contribution in [0.1, 0.15) is 78.6 Å². The fraction of sp³-hybridized carbons (Fsp3) is 0.750.